The highest BCUT2D eigenvalue weighted by Gasteiger charge is 2.21. The van der Waals surface area contributed by atoms with Gasteiger partial charge in [-0.05, 0) is 6.42 Å². The number of rotatable bonds is 5. The molecular weight excluding hydrogens is 250 g/mol. The van der Waals surface area contributed by atoms with Crippen LogP contribution in [-0.2, 0) is 9.59 Å². The Bertz CT molecular complexity index is 346. The highest BCUT2D eigenvalue weighted by Crippen LogP contribution is 2.05. The second kappa shape index (κ2) is 7.60. The predicted octanol–water partition coefficient (Wildman–Crippen LogP) is 0.0188. The van der Waals surface area contributed by atoms with Gasteiger partial charge in [-0.1, -0.05) is 13.3 Å². The Morgan fingerprint density at radius 1 is 1.47 bits per heavy atom. The van der Waals surface area contributed by atoms with Gasteiger partial charge in [0.1, 0.15) is 0 Å². The van der Waals surface area contributed by atoms with Gasteiger partial charge in [0.25, 0.3) is 0 Å². The lowest BCUT2D eigenvalue weighted by atomic mass is 10.0. The number of hydrogen-bond acceptors (Lipinski definition) is 3. The van der Waals surface area contributed by atoms with Crippen LogP contribution in [0.3, 0.4) is 0 Å². The van der Waals surface area contributed by atoms with E-state index in [1.165, 1.54) is 4.90 Å². The first kappa shape index (κ1) is 15.3. The van der Waals surface area contributed by atoms with Crippen molar-refractivity contribution < 1.29 is 19.5 Å². The maximum atomic E-state index is 11.9. The molecule has 1 aliphatic rings. The molecule has 1 unspecified atom stereocenters. The van der Waals surface area contributed by atoms with Crippen molar-refractivity contribution in [3.8, 4) is 0 Å². The lowest BCUT2D eigenvalue weighted by Crippen LogP contribution is -2.44. The van der Waals surface area contributed by atoms with Crippen LogP contribution >= 0.6 is 0 Å². The molecular formula is C12H21N3O4. The molecule has 1 atom stereocenters. The lowest BCUT2D eigenvalue weighted by molar-refractivity contribution is -0.141. The number of carbonyl (C=O) groups excluding carboxylic acids is 2. The Labute approximate surface area is 112 Å². The number of nitrogens with zero attached hydrogens (tertiary/aromatic N) is 1. The van der Waals surface area contributed by atoms with E-state index in [9.17, 15) is 14.4 Å². The molecule has 0 aromatic heterocycles. The summed E-state index contributed by atoms with van der Waals surface area (Å²) in [6.45, 7) is 3.28. The highest BCUT2D eigenvalue weighted by molar-refractivity contribution is 5.79. The highest BCUT2D eigenvalue weighted by atomic mass is 16.4. The van der Waals surface area contributed by atoms with Gasteiger partial charge >= 0.3 is 12.0 Å². The average Bonchev–Trinajstić information content (AvgIpc) is 2.58. The van der Waals surface area contributed by atoms with E-state index >= 15 is 0 Å². The summed E-state index contributed by atoms with van der Waals surface area (Å²) in [5.41, 5.74) is 0. The molecule has 0 aliphatic carbocycles. The fourth-order valence-corrected chi connectivity index (χ4v) is 1.95. The molecule has 0 aromatic rings. The molecule has 1 aliphatic heterocycles. The van der Waals surface area contributed by atoms with Crippen LogP contribution in [0.25, 0.3) is 0 Å². The summed E-state index contributed by atoms with van der Waals surface area (Å²) in [4.78, 5) is 35.5. The molecule has 0 aromatic carbocycles. The molecule has 0 radical (unpaired) electrons. The second-order valence-corrected chi connectivity index (χ2v) is 4.60. The van der Waals surface area contributed by atoms with Gasteiger partial charge in [0.15, 0.2) is 0 Å². The number of amides is 3. The van der Waals surface area contributed by atoms with Crippen LogP contribution in [0.5, 0.6) is 0 Å². The molecule has 108 valence electrons. The number of carboxylic acids is 1. The molecule has 1 rings (SSSR count). The van der Waals surface area contributed by atoms with E-state index in [2.05, 4.69) is 10.6 Å². The Kier molecular flexibility index (Phi) is 6.11. The van der Waals surface area contributed by atoms with Crippen LogP contribution < -0.4 is 10.6 Å². The standard InChI is InChI=1S/C12H21N3O4/c1-2-3-9(11(17)18)8-14-12(19)15-6-4-10(16)13-5-7-15/h9H,2-8H2,1H3,(H,13,16)(H,14,19)(H,17,18). The van der Waals surface area contributed by atoms with Gasteiger partial charge in [0.05, 0.1) is 5.92 Å². The van der Waals surface area contributed by atoms with Crippen LogP contribution in [-0.4, -0.2) is 54.1 Å². The SMILES string of the molecule is CCCC(CNC(=O)N1CCNC(=O)CC1)C(=O)O. The van der Waals surface area contributed by atoms with E-state index in [1.807, 2.05) is 6.92 Å². The summed E-state index contributed by atoms with van der Waals surface area (Å²) in [6, 6.07) is -0.307. The molecule has 1 saturated heterocycles. The first-order valence-corrected chi connectivity index (χ1v) is 6.56. The molecule has 1 fully saturated rings. The van der Waals surface area contributed by atoms with E-state index in [-0.39, 0.29) is 24.9 Å². The summed E-state index contributed by atoms with van der Waals surface area (Å²) in [6.07, 6.45) is 1.58. The van der Waals surface area contributed by atoms with Crippen LogP contribution in [0, 0.1) is 5.92 Å². The van der Waals surface area contributed by atoms with Crippen molar-refractivity contribution in [3.63, 3.8) is 0 Å². The zero-order valence-corrected chi connectivity index (χ0v) is 11.1. The van der Waals surface area contributed by atoms with Gasteiger partial charge in [-0.3, -0.25) is 9.59 Å². The fourth-order valence-electron chi connectivity index (χ4n) is 1.95. The fraction of sp³-hybridized carbons (Fsp3) is 0.750. The van der Waals surface area contributed by atoms with Gasteiger partial charge in [-0.25, -0.2) is 4.79 Å². The average molecular weight is 271 g/mol. The van der Waals surface area contributed by atoms with Crippen molar-refractivity contribution in [2.75, 3.05) is 26.2 Å². The molecule has 7 nitrogen and oxygen atoms in total. The van der Waals surface area contributed by atoms with Crippen LogP contribution in [0.15, 0.2) is 0 Å². The molecule has 3 N–H and O–H groups in total. The summed E-state index contributed by atoms with van der Waals surface area (Å²) >= 11 is 0. The van der Waals surface area contributed by atoms with Crippen molar-refractivity contribution in [2.45, 2.75) is 26.2 Å². The Hall–Kier alpha value is -1.79. The third-order valence-electron chi connectivity index (χ3n) is 3.09. The van der Waals surface area contributed by atoms with Gasteiger partial charge in [0.2, 0.25) is 5.91 Å². The molecule has 7 heteroatoms. The van der Waals surface area contributed by atoms with E-state index in [0.717, 1.165) is 6.42 Å². The van der Waals surface area contributed by atoms with Crippen molar-refractivity contribution in [2.24, 2.45) is 5.92 Å². The summed E-state index contributed by atoms with van der Waals surface area (Å²) in [5.74, 6) is -1.51. The number of carboxylic acid groups (broad SMARTS) is 1. The van der Waals surface area contributed by atoms with E-state index < -0.39 is 11.9 Å². The predicted molar refractivity (Wildman–Crippen MR) is 68.6 cm³/mol. The van der Waals surface area contributed by atoms with Gasteiger partial charge in [0, 0.05) is 32.6 Å². The molecule has 0 saturated carbocycles. The van der Waals surface area contributed by atoms with Gasteiger partial charge in [-0.2, -0.15) is 0 Å². The summed E-state index contributed by atoms with van der Waals surface area (Å²) < 4.78 is 0. The molecule has 1 heterocycles. The maximum absolute atomic E-state index is 11.9. The van der Waals surface area contributed by atoms with Crippen LogP contribution in [0.1, 0.15) is 26.2 Å². The normalized spacial score (nSPS) is 17.3. The van der Waals surface area contributed by atoms with Crippen molar-refractivity contribution in [1.82, 2.24) is 15.5 Å². The molecule has 0 spiro atoms. The third-order valence-corrected chi connectivity index (χ3v) is 3.09. The quantitative estimate of drug-likeness (QED) is 0.656. The zero-order chi connectivity index (χ0) is 14.3. The molecule has 19 heavy (non-hydrogen) atoms. The zero-order valence-electron chi connectivity index (χ0n) is 11.1. The number of nitrogens with one attached hydrogen (secondary N) is 2. The minimum Gasteiger partial charge on any atom is -0.481 e. The number of hydrogen-bond donors (Lipinski definition) is 3. The molecule has 0 bridgehead atoms. The Morgan fingerprint density at radius 3 is 2.84 bits per heavy atom. The number of urea groups is 1. The largest absolute Gasteiger partial charge is 0.481 e. The monoisotopic (exact) mass is 271 g/mol. The molecule has 3 amide bonds. The Morgan fingerprint density at radius 2 is 2.21 bits per heavy atom. The first-order chi connectivity index (χ1) is 9.04. The lowest BCUT2D eigenvalue weighted by Gasteiger charge is -2.21. The van der Waals surface area contributed by atoms with Crippen LogP contribution in [0.2, 0.25) is 0 Å². The smallest absolute Gasteiger partial charge is 0.317 e. The number of aliphatic carboxylic acids is 1. The van der Waals surface area contributed by atoms with Gasteiger partial charge in [-0.15, -0.1) is 0 Å². The van der Waals surface area contributed by atoms with Crippen molar-refractivity contribution in [3.05, 3.63) is 0 Å². The second-order valence-electron chi connectivity index (χ2n) is 4.60. The van der Waals surface area contributed by atoms with Crippen LogP contribution in [0.4, 0.5) is 4.79 Å². The third kappa shape index (κ3) is 5.15. The Balaban J connectivity index is 2.40. The summed E-state index contributed by atoms with van der Waals surface area (Å²) in [5, 5.41) is 14.3. The van der Waals surface area contributed by atoms with Crippen molar-refractivity contribution >= 4 is 17.9 Å². The van der Waals surface area contributed by atoms with Crippen molar-refractivity contribution in [1.29, 1.82) is 0 Å². The van der Waals surface area contributed by atoms with E-state index in [4.69, 9.17) is 5.11 Å². The number of carbonyl (C=O) groups is 3. The van der Waals surface area contributed by atoms with E-state index in [0.29, 0.717) is 26.1 Å². The summed E-state index contributed by atoms with van der Waals surface area (Å²) in [7, 11) is 0. The topological polar surface area (TPSA) is 98.7 Å². The van der Waals surface area contributed by atoms with Gasteiger partial charge < -0.3 is 20.6 Å². The maximum Gasteiger partial charge on any atom is 0.317 e. The minimum atomic E-state index is -0.894. The minimum absolute atomic E-state index is 0.0651. The van der Waals surface area contributed by atoms with E-state index in [1.54, 1.807) is 0 Å². The first-order valence-electron chi connectivity index (χ1n) is 6.56.